The molecular weight excluding hydrogens is 186 g/mol. The average molecular weight is 201 g/mol. The second-order valence-electron chi connectivity index (χ2n) is 4.72. The van der Waals surface area contributed by atoms with E-state index < -0.39 is 0 Å². The fourth-order valence-electron chi connectivity index (χ4n) is 2.20. The van der Waals surface area contributed by atoms with Crippen LogP contribution in [0.2, 0.25) is 0 Å². The van der Waals surface area contributed by atoms with Gasteiger partial charge in [0, 0.05) is 11.7 Å². The molecule has 78 valence electrons. The van der Waals surface area contributed by atoms with Crippen molar-refractivity contribution < 1.29 is 4.74 Å². The number of ether oxygens (including phenoxy) is 1. The third-order valence-electron chi connectivity index (χ3n) is 3.34. The van der Waals surface area contributed by atoms with E-state index in [1.54, 1.807) is 0 Å². The van der Waals surface area contributed by atoms with Gasteiger partial charge in [0.1, 0.15) is 6.10 Å². The minimum absolute atomic E-state index is 0.0586. The molecule has 2 aromatic rings. The van der Waals surface area contributed by atoms with Gasteiger partial charge < -0.3 is 9.30 Å². The zero-order valence-corrected chi connectivity index (χ0v) is 9.10. The molecular formula is C13H15NO. The molecule has 0 bridgehead atoms. The number of aromatic nitrogens is 1. The molecule has 1 aliphatic heterocycles. The van der Waals surface area contributed by atoms with Gasteiger partial charge in [0.2, 0.25) is 0 Å². The molecule has 1 fully saturated rings. The molecule has 0 N–H and O–H groups in total. The summed E-state index contributed by atoms with van der Waals surface area (Å²) < 4.78 is 7.74. The minimum atomic E-state index is 0.0586. The van der Waals surface area contributed by atoms with Crippen LogP contribution in [0.4, 0.5) is 0 Å². The van der Waals surface area contributed by atoms with E-state index in [1.807, 2.05) is 0 Å². The van der Waals surface area contributed by atoms with Gasteiger partial charge in [-0.2, -0.15) is 0 Å². The van der Waals surface area contributed by atoms with Gasteiger partial charge in [-0.05, 0) is 31.4 Å². The fourth-order valence-corrected chi connectivity index (χ4v) is 2.20. The van der Waals surface area contributed by atoms with Crippen LogP contribution in [0.5, 0.6) is 0 Å². The van der Waals surface area contributed by atoms with Gasteiger partial charge in [0.15, 0.2) is 0 Å². The van der Waals surface area contributed by atoms with Crippen molar-refractivity contribution in [3.63, 3.8) is 0 Å². The van der Waals surface area contributed by atoms with Gasteiger partial charge in [-0.15, -0.1) is 0 Å². The van der Waals surface area contributed by atoms with Gasteiger partial charge >= 0.3 is 0 Å². The molecule has 1 saturated heterocycles. The largest absolute Gasteiger partial charge is 0.371 e. The Kier molecular flexibility index (Phi) is 1.71. The normalized spacial score (nSPS) is 20.8. The van der Waals surface area contributed by atoms with Crippen molar-refractivity contribution in [3.05, 3.63) is 36.5 Å². The van der Waals surface area contributed by atoms with Crippen molar-refractivity contribution in [2.24, 2.45) is 0 Å². The van der Waals surface area contributed by atoms with Crippen LogP contribution in [0.15, 0.2) is 36.5 Å². The average Bonchev–Trinajstić information content (AvgIpc) is 2.98. The number of epoxide rings is 1. The highest BCUT2D eigenvalue weighted by Gasteiger charge is 2.41. The van der Waals surface area contributed by atoms with Crippen molar-refractivity contribution in [3.8, 4) is 0 Å². The summed E-state index contributed by atoms with van der Waals surface area (Å²) in [5.41, 5.74) is 1.35. The molecule has 1 atom stereocenters. The SMILES string of the molecule is CC(C)([C@@H]1CO1)n1ccc2ccccc21. The van der Waals surface area contributed by atoms with E-state index in [4.69, 9.17) is 4.74 Å². The smallest absolute Gasteiger partial charge is 0.104 e. The molecule has 1 aromatic carbocycles. The highest BCUT2D eigenvalue weighted by molar-refractivity contribution is 5.80. The number of benzene rings is 1. The van der Waals surface area contributed by atoms with Crippen LogP contribution in [-0.2, 0) is 10.3 Å². The number of para-hydroxylation sites is 1. The Morgan fingerprint density at radius 3 is 2.73 bits per heavy atom. The van der Waals surface area contributed by atoms with Gasteiger partial charge in [0.05, 0.1) is 12.1 Å². The van der Waals surface area contributed by atoms with E-state index >= 15 is 0 Å². The van der Waals surface area contributed by atoms with Crippen LogP contribution >= 0.6 is 0 Å². The Hall–Kier alpha value is -1.28. The van der Waals surface area contributed by atoms with Crippen molar-refractivity contribution in [2.75, 3.05) is 6.61 Å². The van der Waals surface area contributed by atoms with Crippen LogP contribution in [0.25, 0.3) is 10.9 Å². The molecule has 0 spiro atoms. The number of rotatable bonds is 2. The Morgan fingerprint density at radius 1 is 1.27 bits per heavy atom. The van der Waals surface area contributed by atoms with Crippen molar-refractivity contribution in [1.29, 1.82) is 0 Å². The number of hydrogen-bond acceptors (Lipinski definition) is 1. The molecule has 2 nitrogen and oxygen atoms in total. The lowest BCUT2D eigenvalue weighted by Gasteiger charge is -2.26. The summed E-state index contributed by atoms with van der Waals surface area (Å²) in [7, 11) is 0. The molecule has 0 radical (unpaired) electrons. The van der Waals surface area contributed by atoms with Crippen molar-refractivity contribution in [1.82, 2.24) is 4.57 Å². The Balaban J connectivity index is 2.18. The Morgan fingerprint density at radius 2 is 2.00 bits per heavy atom. The standard InChI is InChI=1S/C13H15NO/c1-13(2,12-9-15-12)14-8-7-10-5-3-4-6-11(10)14/h3-8,12H,9H2,1-2H3/t12-/m0/s1. The van der Waals surface area contributed by atoms with Crippen LogP contribution in [0.3, 0.4) is 0 Å². The molecule has 3 rings (SSSR count). The molecule has 0 saturated carbocycles. The minimum Gasteiger partial charge on any atom is -0.371 e. The summed E-state index contributed by atoms with van der Waals surface area (Å²) in [6.07, 6.45) is 2.53. The second-order valence-corrected chi connectivity index (χ2v) is 4.72. The topological polar surface area (TPSA) is 17.5 Å². The molecule has 15 heavy (non-hydrogen) atoms. The summed E-state index contributed by atoms with van der Waals surface area (Å²) in [6.45, 7) is 5.35. The molecule has 1 aliphatic rings. The molecule has 2 heterocycles. The predicted octanol–water partition coefficient (Wildman–Crippen LogP) is 2.78. The van der Waals surface area contributed by atoms with E-state index in [0.29, 0.717) is 6.10 Å². The maximum absolute atomic E-state index is 5.43. The Labute approximate surface area is 89.5 Å². The zero-order valence-electron chi connectivity index (χ0n) is 9.10. The highest BCUT2D eigenvalue weighted by atomic mass is 16.6. The summed E-state index contributed by atoms with van der Waals surface area (Å²) in [4.78, 5) is 0. The van der Waals surface area contributed by atoms with Crippen LogP contribution in [0, 0.1) is 0 Å². The third-order valence-corrected chi connectivity index (χ3v) is 3.34. The monoisotopic (exact) mass is 201 g/mol. The quantitative estimate of drug-likeness (QED) is 0.683. The first-order valence-electron chi connectivity index (χ1n) is 5.38. The first-order chi connectivity index (χ1) is 7.19. The Bertz CT molecular complexity index is 494. The maximum atomic E-state index is 5.43. The highest BCUT2D eigenvalue weighted by Crippen LogP contribution is 2.33. The number of hydrogen-bond donors (Lipinski definition) is 0. The van der Waals surface area contributed by atoms with E-state index in [1.165, 1.54) is 10.9 Å². The van der Waals surface area contributed by atoms with Crippen LogP contribution in [-0.4, -0.2) is 17.3 Å². The molecule has 1 aromatic heterocycles. The molecule has 2 heteroatoms. The molecule has 0 amide bonds. The van der Waals surface area contributed by atoms with E-state index in [0.717, 1.165) is 6.61 Å². The molecule has 0 unspecified atom stereocenters. The van der Waals surface area contributed by atoms with Gasteiger partial charge in [-0.1, -0.05) is 18.2 Å². The van der Waals surface area contributed by atoms with Crippen LogP contribution in [0.1, 0.15) is 13.8 Å². The number of nitrogens with zero attached hydrogens (tertiary/aromatic N) is 1. The first-order valence-corrected chi connectivity index (χ1v) is 5.38. The first kappa shape index (κ1) is 8.98. The summed E-state index contributed by atoms with van der Waals surface area (Å²) in [5, 5.41) is 1.30. The van der Waals surface area contributed by atoms with Gasteiger partial charge in [-0.25, -0.2) is 0 Å². The van der Waals surface area contributed by atoms with Crippen molar-refractivity contribution in [2.45, 2.75) is 25.5 Å². The predicted molar refractivity (Wildman–Crippen MR) is 61.0 cm³/mol. The van der Waals surface area contributed by atoms with Crippen molar-refractivity contribution >= 4 is 10.9 Å². The van der Waals surface area contributed by atoms with Gasteiger partial charge in [-0.3, -0.25) is 0 Å². The lowest BCUT2D eigenvalue weighted by Crippen LogP contribution is -2.31. The van der Waals surface area contributed by atoms with E-state index in [-0.39, 0.29) is 5.54 Å². The van der Waals surface area contributed by atoms with E-state index in [9.17, 15) is 0 Å². The van der Waals surface area contributed by atoms with Gasteiger partial charge in [0.25, 0.3) is 0 Å². The molecule has 0 aliphatic carbocycles. The van der Waals surface area contributed by atoms with E-state index in [2.05, 4.69) is 54.9 Å². The van der Waals surface area contributed by atoms with Crippen LogP contribution < -0.4 is 0 Å². The lowest BCUT2D eigenvalue weighted by molar-refractivity contribution is 0.249. The summed E-state index contributed by atoms with van der Waals surface area (Å²) >= 11 is 0. The lowest BCUT2D eigenvalue weighted by atomic mass is 10.0. The maximum Gasteiger partial charge on any atom is 0.104 e. The summed E-state index contributed by atoms with van der Waals surface area (Å²) in [5.74, 6) is 0. The fraction of sp³-hybridized carbons (Fsp3) is 0.385. The zero-order chi connectivity index (χ0) is 10.5. The summed E-state index contributed by atoms with van der Waals surface area (Å²) in [6, 6.07) is 10.6. The third kappa shape index (κ3) is 1.29. The number of fused-ring (bicyclic) bond motifs is 1. The second kappa shape index (κ2) is 2.86.